The van der Waals surface area contributed by atoms with Gasteiger partial charge in [-0.05, 0) is 29.8 Å². The Morgan fingerprint density at radius 1 is 1.04 bits per heavy atom. The summed E-state index contributed by atoms with van der Waals surface area (Å²) in [6, 6.07) is 11.0. The maximum absolute atomic E-state index is 12.5. The molecular weight excluding hydrogens is 401 g/mol. The molecule has 0 spiro atoms. The van der Waals surface area contributed by atoms with Gasteiger partial charge in [0.15, 0.2) is 6.61 Å². The third kappa shape index (κ3) is 4.03. The van der Waals surface area contributed by atoms with Crippen LogP contribution in [0.3, 0.4) is 0 Å². The van der Waals surface area contributed by atoms with Crippen molar-refractivity contribution < 1.29 is 14.3 Å². The summed E-state index contributed by atoms with van der Waals surface area (Å²) in [5.74, 6) is 0.491. The lowest BCUT2D eigenvalue weighted by atomic mass is 10.1. The van der Waals surface area contributed by atoms with Crippen molar-refractivity contribution in [3.05, 3.63) is 52.0 Å². The van der Waals surface area contributed by atoms with Crippen LogP contribution < -0.4 is 15.0 Å². The van der Waals surface area contributed by atoms with Crippen molar-refractivity contribution in [1.82, 2.24) is 4.90 Å². The molecule has 0 atom stereocenters. The van der Waals surface area contributed by atoms with E-state index in [1.807, 2.05) is 18.2 Å². The highest BCUT2D eigenvalue weighted by atomic mass is 35.5. The van der Waals surface area contributed by atoms with Crippen LogP contribution in [0.5, 0.6) is 5.75 Å². The van der Waals surface area contributed by atoms with Crippen molar-refractivity contribution in [2.24, 2.45) is 0 Å². The molecule has 0 aliphatic carbocycles. The third-order valence-corrected chi connectivity index (χ3v) is 5.71. The number of nitrogens with one attached hydrogen (secondary N) is 1. The van der Waals surface area contributed by atoms with E-state index in [-0.39, 0.29) is 18.4 Å². The standard InChI is InChI=1S/C20H19Cl2N3O3/c21-16-4-2-14(10-17(16)22)24-5-7-25(8-6-24)20(27)12-28-15-3-1-13-9-19(26)23-18(13)11-15/h1-4,10-11H,5-9,12H2,(H,23,26). The van der Waals surface area contributed by atoms with Crippen molar-refractivity contribution in [2.45, 2.75) is 6.42 Å². The van der Waals surface area contributed by atoms with E-state index in [0.717, 1.165) is 16.9 Å². The van der Waals surface area contributed by atoms with Crippen molar-refractivity contribution >= 4 is 46.4 Å². The Kier molecular flexibility index (Phi) is 5.33. The van der Waals surface area contributed by atoms with Crippen LogP contribution in [-0.2, 0) is 16.0 Å². The molecular formula is C20H19Cl2N3O3. The smallest absolute Gasteiger partial charge is 0.260 e. The third-order valence-electron chi connectivity index (χ3n) is 4.97. The second-order valence-corrected chi connectivity index (χ2v) is 7.61. The molecule has 6 nitrogen and oxygen atoms in total. The molecule has 2 aliphatic heterocycles. The molecule has 8 heteroatoms. The van der Waals surface area contributed by atoms with Gasteiger partial charge in [0.1, 0.15) is 5.75 Å². The molecule has 146 valence electrons. The summed E-state index contributed by atoms with van der Waals surface area (Å²) < 4.78 is 5.63. The highest BCUT2D eigenvalue weighted by Gasteiger charge is 2.23. The molecule has 4 rings (SSSR count). The molecule has 0 bridgehead atoms. The van der Waals surface area contributed by atoms with Gasteiger partial charge in [-0.25, -0.2) is 0 Å². The monoisotopic (exact) mass is 419 g/mol. The summed E-state index contributed by atoms with van der Waals surface area (Å²) in [6.45, 7) is 2.63. The van der Waals surface area contributed by atoms with Crippen LogP contribution in [0.25, 0.3) is 0 Å². The molecule has 2 heterocycles. The molecule has 2 amide bonds. The van der Waals surface area contributed by atoms with E-state index < -0.39 is 0 Å². The van der Waals surface area contributed by atoms with Crippen LogP contribution in [0.1, 0.15) is 5.56 Å². The van der Waals surface area contributed by atoms with E-state index in [1.54, 1.807) is 23.1 Å². The number of anilines is 2. The number of benzene rings is 2. The van der Waals surface area contributed by atoms with Crippen molar-refractivity contribution in [3.63, 3.8) is 0 Å². The van der Waals surface area contributed by atoms with E-state index in [0.29, 0.717) is 48.4 Å². The highest BCUT2D eigenvalue weighted by molar-refractivity contribution is 6.42. The highest BCUT2D eigenvalue weighted by Crippen LogP contribution is 2.29. The zero-order valence-electron chi connectivity index (χ0n) is 15.1. The van der Waals surface area contributed by atoms with Crippen LogP contribution in [0.2, 0.25) is 10.0 Å². The first-order valence-electron chi connectivity index (χ1n) is 9.03. The Balaban J connectivity index is 1.29. The Morgan fingerprint density at radius 3 is 2.57 bits per heavy atom. The van der Waals surface area contributed by atoms with Gasteiger partial charge in [-0.3, -0.25) is 9.59 Å². The molecule has 0 radical (unpaired) electrons. The Morgan fingerprint density at radius 2 is 1.82 bits per heavy atom. The second kappa shape index (κ2) is 7.89. The Bertz CT molecular complexity index is 927. The molecule has 2 aliphatic rings. The zero-order chi connectivity index (χ0) is 19.7. The van der Waals surface area contributed by atoms with Gasteiger partial charge >= 0.3 is 0 Å². The number of amides is 2. The Hall–Kier alpha value is -2.44. The van der Waals surface area contributed by atoms with E-state index in [2.05, 4.69) is 10.2 Å². The summed E-state index contributed by atoms with van der Waals surface area (Å²) >= 11 is 12.1. The number of hydrogen-bond donors (Lipinski definition) is 1. The molecule has 1 N–H and O–H groups in total. The van der Waals surface area contributed by atoms with Crippen LogP contribution in [0.4, 0.5) is 11.4 Å². The number of piperazine rings is 1. The largest absolute Gasteiger partial charge is 0.484 e. The van der Waals surface area contributed by atoms with Gasteiger partial charge < -0.3 is 19.9 Å². The minimum absolute atomic E-state index is 0.0249. The fourth-order valence-electron chi connectivity index (χ4n) is 3.42. The topological polar surface area (TPSA) is 61.9 Å². The average Bonchev–Trinajstić information content (AvgIpc) is 3.07. The second-order valence-electron chi connectivity index (χ2n) is 6.80. The molecule has 2 aromatic rings. The predicted octanol–water partition coefficient (Wildman–Crippen LogP) is 3.22. The van der Waals surface area contributed by atoms with Gasteiger partial charge in [0.05, 0.1) is 16.5 Å². The minimum atomic E-state index is -0.0571. The summed E-state index contributed by atoms with van der Waals surface area (Å²) in [5, 5.41) is 3.83. The fraction of sp³-hybridized carbons (Fsp3) is 0.300. The molecule has 28 heavy (non-hydrogen) atoms. The van der Waals surface area contributed by atoms with Gasteiger partial charge in [0, 0.05) is 43.6 Å². The van der Waals surface area contributed by atoms with Crippen LogP contribution in [-0.4, -0.2) is 49.5 Å². The molecule has 2 aromatic carbocycles. The van der Waals surface area contributed by atoms with Crippen molar-refractivity contribution in [2.75, 3.05) is 43.0 Å². The van der Waals surface area contributed by atoms with Gasteiger partial charge in [-0.2, -0.15) is 0 Å². The van der Waals surface area contributed by atoms with Gasteiger partial charge in [-0.15, -0.1) is 0 Å². The number of carbonyl (C=O) groups excluding carboxylic acids is 2. The van der Waals surface area contributed by atoms with Crippen LogP contribution >= 0.6 is 23.2 Å². The van der Waals surface area contributed by atoms with E-state index >= 15 is 0 Å². The average molecular weight is 420 g/mol. The maximum Gasteiger partial charge on any atom is 0.260 e. The van der Waals surface area contributed by atoms with Crippen LogP contribution in [0, 0.1) is 0 Å². The molecule has 1 fully saturated rings. The fourth-order valence-corrected chi connectivity index (χ4v) is 3.71. The molecule has 1 saturated heterocycles. The van der Waals surface area contributed by atoms with Crippen molar-refractivity contribution in [3.8, 4) is 5.75 Å². The summed E-state index contributed by atoms with van der Waals surface area (Å²) in [6.07, 6.45) is 0.387. The number of carbonyl (C=O) groups is 2. The van der Waals surface area contributed by atoms with E-state index in [9.17, 15) is 9.59 Å². The minimum Gasteiger partial charge on any atom is -0.484 e. The predicted molar refractivity (Wildman–Crippen MR) is 110 cm³/mol. The molecule has 0 saturated carbocycles. The van der Waals surface area contributed by atoms with Gasteiger partial charge in [-0.1, -0.05) is 29.3 Å². The zero-order valence-corrected chi connectivity index (χ0v) is 16.6. The molecule has 0 unspecified atom stereocenters. The first-order valence-corrected chi connectivity index (χ1v) is 9.78. The quantitative estimate of drug-likeness (QED) is 0.826. The summed E-state index contributed by atoms with van der Waals surface area (Å²) in [5.41, 5.74) is 2.70. The SMILES string of the molecule is O=C1Cc2ccc(OCC(=O)N3CCN(c4ccc(Cl)c(Cl)c4)CC3)cc2N1. The summed E-state index contributed by atoms with van der Waals surface area (Å²) in [7, 11) is 0. The number of hydrogen-bond acceptors (Lipinski definition) is 4. The van der Waals surface area contributed by atoms with Crippen LogP contribution in [0.15, 0.2) is 36.4 Å². The van der Waals surface area contributed by atoms with E-state index in [1.165, 1.54) is 0 Å². The number of ether oxygens (including phenoxy) is 1. The number of fused-ring (bicyclic) bond motifs is 1. The first-order chi connectivity index (χ1) is 13.5. The Labute approximate surface area is 173 Å². The lowest BCUT2D eigenvalue weighted by Gasteiger charge is -2.36. The summed E-state index contributed by atoms with van der Waals surface area (Å²) in [4.78, 5) is 27.9. The van der Waals surface area contributed by atoms with Gasteiger partial charge in [0.25, 0.3) is 5.91 Å². The number of halogens is 2. The number of nitrogens with zero attached hydrogens (tertiary/aromatic N) is 2. The normalized spacial score (nSPS) is 16.0. The lowest BCUT2D eigenvalue weighted by molar-refractivity contribution is -0.133. The van der Waals surface area contributed by atoms with Crippen molar-refractivity contribution in [1.29, 1.82) is 0 Å². The number of rotatable bonds is 4. The lowest BCUT2D eigenvalue weighted by Crippen LogP contribution is -2.50. The van der Waals surface area contributed by atoms with Gasteiger partial charge in [0.2, 0.25) is 5.91 Å². The molecule has 0 aromatic heterocycles. The first kappa shape index (κ1) is 18.9. The van der Waals surface area contributed by atoms with E-state index in [4.69, 9.17) is 27.9 Å². The maximum atomic E-state index is 12.5.